The standard InChI is InChI=1S/C7H17N3OS/c1-2-3-4-5-6(8)12-10-7(9)11/h6H,2-5,8H2,1H3,(H3,9,10,11). The average molecular weight is 191 g/mol. The lowest BCUT2D eigenvalue weighted by Gasteiger charge is -2.09. The van der Waals surface area contributed by atoms with E-state index in [4.69, 9.17) is 11.5 Å². The van der Waals surface area contributed by atoms with Gasteiger partial charge in [0.25, 0.3) is 0 Å². The van der Waals surface area contributed by atoms with E-state index in [1.54, 1.807) is 0 Å². The summed E-state index contributed by atoms with van der Waals surface area (Å²) < 4.78 is 2.40. The van der Waals surface area contributed by atoms with Crippen molar-refractivity contribution in [1.82, 2.24) is 4.72 Å². The van der Waals surface area contributed by atoms with Crippen LogP contribution in [-0.4, -0.2) is 11.4 Å². The van der Waals surface area contributed by atoms with Gasteiger partial charge in [-0.25, -0.2) is 4.79 Å². The Bertz CT molecular complexity index is 132. The van der Waals surface area contributed by atoms with Crippen molar-refractivity contribution in [2.24, 2.45) is 11.5 Å². The van der Waals surface area contributed by atoms with E-state index in [9.17, 15) is 4.79 Å². The van der Waals surface area contributed by atoms with Crippen LogP contribution >= 0.6 is 11.9 Å². The van der Waals surface area contributed by atoms with Gasteiger partial charge in [-0.05, 0) is 18.4 Å². The van der Waals surface area contributed by atoms with Gasteiger partial charge in [-0.3, -0.25) is 4.72 Å². The van der Waals surface area contributed by atoms with Gasteiger partial charge in [0, 0.05) is 0 Å². The summed E-state index contributed by atoms with van der Waals surface area (Å²) in [5.41, 5.74) is 10.5. The predicted molar refractivity (Wildman–Crippen MR) is 52.4 cm³/mol. The molecule has 2 amide bonds. The lowest BCUT2D eigenvalue weighted by Crippen LogP contribution is -2.29. The van der Waals surface area contributed by atoms with Crippen LogP contribution in [-0.2, 0) is 0 Å². The minimum atomic E-state index is -0.536. The minimum absolute atomic E-state index is 0.0379. The predicted octanol–water partition coefficient (Wildman–Crippen LogP) is 1.17. The van der Waals surface area contributed by atoms with Crippen molar-refractivity contribution in [2.45, 2.75) is 38.0 Å². The summed E-state index contributed by atoms with van der Waals surface area (Å²) in [5, 5.41) is -0.0379. The van der Waals surface area contributed by atoms with E-state index in [2.05, 4.69) is 11.6 Å². The molecule has 0 aliphatic carbocycles. The summed E-state index contributed by atoms with van der Waals surface area (Å²) >= 11 is 1.19. The van der Waals surface area contributed by atoms with Crippen LogP contribution in [0.1, 0.15) is 32.6 Å². The molecule has 1 atom stereocenters. The molecule has 0 fully saturated rings. The normalized spacial score (nSPS) is 12.5. The molecule has 0 rings (SSSR count). The highest BCUT2D eigenvalue weighted by Gasteiger charge is 2.03. The maximum absolute atomic E-state index is 10.3. The average Bonchev–Trinajstić information content (AvgIpc) is 2.01. The first-order valence-corrected chi connectivity index (χ1v) is 5.01. The number of carbonyl (C=O) groups is 1. The number of hydrogen-bond acceptors (Lipinski definition) is 3. The SMILES string of the molecule is CCCCCC(N)SNC(N)=O. The summed E-state index contributed by atoms with van der Waals surface area (Å²) in [7, 11) is 0. The Morgan fingerprint density at radius 3 is 2.75 bits per heavy atom. The van der Waals surface area contributed by atoms with Crippen LogP contribution in [0.5, 0.6) is 0 Å². The fraction of sp³-hybridized carbons (Fsp3) is 0.857. The summed E-state index contributed by atoms with van der Waals surface area (Å²) in [6.45, 7) is 2.14. The van der Waals surface area contributed by atoms with Crippen LogP contribution in [0.2, 0.25) is 0 Å². The first-order chi connectivity index (χ1) is 5.66. The highest BCUT2D eigenvalue weighted by atomic mass is 32.2. The third kappa shape index (κ3) is 7.68. The number of hydrogen-bond donors (Lipinski definition) is 3. The van der Waals surface area contributed by atoms with Gasteiger partial charge in [-0.2, -0.15) is 0 Å². The Labute approximate surface area is 77.6 Å². The summed E-state index contributed by atoms with van der Waals surface area (Å²) in [6.07, 6.45) is 4.38. The van der Waals surface area contributed by atoms with Crippen molar-refractivity contribution in [3.8, 4) is 0 Å². The third-order valence-electron chi connectivity index (χ3n) is 1.40. The van der Waals surface area contributed by atoms with Gasteiger partial charge in [0.2, 0.25) is 0 Å². The maximum Gasteiger partial charge on any atom is 0.322 e. The molecule has 0 heterocycles. The number of unbranched alkanes of at least 4 members (excludes halogenated alkanes) is 2. The van der Waals surface area contributed by atoms with Gasteiger partial charge in [0.05, 0.1) is 5.37 Å². The first kappa shape index (κ1) is 11.6. The molecule has 0 saturated carbocycles. The minimum Gasteiger partial charge on any atom is -0.351 e. The van der Waals surface area contributed by atoms with Crippen LogP contribution in [0.3, 0.4) is 0 Å². The van der Waals surface area contributed by atoms with E-state index < -0.39 is 6.03 Å². The highest BCUT2D eigenvalue weighted by Crippen LogP contribution is 2.09. The Morgan fingerprint density at radius 1 is 1.58 bits per heavy atom. The number of carbonyl (C=O) groups excluding carboxylic acids is 1. The second kappa shape index (κ2) is 7.24. The van der Waals surface area contributed by atoms with Crippen LogP contribution in [0.4, 0.5) is 4.79 Å². The van der Waals surface area contributed by atoms with E-state index >= 15 is 0 Å². The molecule has 0 aliphatic rings. The van der Waals surface area contributed by atoms with E-state index in [0.717, 1.165) is 12.8 Å². The van der Waals surface area contributed by atoms with E-state index in [-0.39, 0.29) is 5.37 Å². The van der Waals surface area contributed by atoms with E-state index in [1.807, 2.05) is 0 Å². The molecule has 0 aromatic heterocycles. The van der Waals surface area contributed by atoms with Crippen molar-refractivity contribution >= 4 is 18.0 Å². The molecule has 72 valence electrons. The summed E-state index contributed by atoms with van der Waals surface area (Å²) in [6, 6.07) is -0.536. The smallest absolute Gasteiger partial charge is 0.322 e. The van der Waals surface area contributed by atoms with Gasteiger partial charge in [0.15, 0.2) is 0 Å². The Kier molecular flexibility index (Phi) is 6.99. The molecule has 0 spiro atoms. The third-order valence-corrected chi connectivity index (χ3v) is 2.26. The monoisotopic (exact) mass is 191 g/mol. The van der Waals surface area contributed by atoms with Crippen molar-refractivity contribution < 1.29 is 4.79 Å². The lowest BCUT2D eigenvalue weighted by molar-refractivity contribution is 0.254. The Balaban J connectivity index is 3.21. The molecule has 0 bridgehead atoms. The van der Waals surface area contributed by atoms with Gasteiger partial charge in [-0.1, -0.05) is 26.2 Å². The molecule has 0 aromatic carbocycles. The Morgan fingerprint density at radius 2 is 2.25 bits per heavy atom. The fourth-order valence-electron chi connectivity index (χ4n) is 0.788. The number of nitrogens with two attached hydrogens (primary N) is 2. The van der Waals surface area contributed by atoms with Crippen LogP contribution < -0.4 is 16.2 Å². The topological polar surface area (TPSA) is 81.1 Å². The number of urea groups is 1. The molecule has 5 N–H and O–H groups in total. The number of nitrogens with one attached hydrogen (secondary N) is 1. The summed E-state index contributed by atoms with van der Waals surface area (Å²) in [5.74, 6) is 0. The maximum atomic E-state index is 10.3. The van der Waals surface area contributed by atoms with Gasteiger partial charge in [-0.15, -0.1) is 0 Å². The van der Waals surface area contributed by atoms with E-state index in [0.29, 0.717) is 0 Å². The lowest BCUT2D eigenvalue weighted by atomic mass is 10.2. The van der Waals surface area contributed by atoms with Crippen LogP contribution in [0.15, 0.2) is 0 Å². The van der Waals surface area contributed by atoms with Crippen LogP contribution in [0, 0.1) is 0 Å². The zero-order valence-electron chi connectivity index (χ0n) is 7.38. The molecule has 0 radical (unpaired) electrons. The molecule has 4 nitrogen and oxygen atoms in total. The van der Waals surface area contributed by atoms with Crippen molar-refractivity contribution in [3.63, 3.8) is 0 Å². The van der Waals surface area contributed by atoms with Gasteiger partial charge < -0.3 is 11.5 Å². The molecule has 0 aromatic rings. The van der Waals surface area contributed by atoms with Crippen molar-refractivity contribution in [2.75, 3.05) is 0 Å². The molecule has 0 saturated heterocycles. The largest absolute Gasteiger partial charge is 0.351 e. The number of primary amides is 1. The van der Waals surface area contributed by atoms with Crippen molar-refractivity contribution in [1.29, 1.82) is 0 Å². The zero-order valence-corrected chi connectivity index (χ0v) is 8.19. The van der Waals surface area contributed by atoms with Crippen molar-refractivity contribution in [3.05, 3.63) is 0 Å². The van der Waals surface area contributed by atoms with Crippen LogP contribution in [0.25, 0.3) is 0 Å². The van der Waals surface area contributed by atoms with Gasteiger partial charge >= 0.3 is 6.03 Å². The molecule has 1 unspecified atom stereocenters. The molecular weight excluding hydrogens is 174 g/mol. The molecule has 5 heteroatoms. The molecule has 12 heavy (non-hydrogen) atoms. The highest BCUT2D eigenvalue weighted by molar-refractivity contribution is 7.98. The quantitative estimate of drug-likeness (QED) is 0.335. The molecule has 0 aliphatic heterocycles. The first-order valence-electron chi connectivity index (χ1n) is 4.13. The number of rotatable bonds is 6. The summed E-state index contributed by atoms with van der Waals surface area (Å²) in [4.78, 5) is 10.3. The molecular formula is C7H17N3OS. The van der Waals surface area contributed by atoms with Gasteiger partial charge in [0.1, 0.15) is 0 Å². The second-order valence-corrected chi connectivity index (χ2v) is 3.66. The van der Waals surface area contributed by atoms with E-state index in [1.165, 1.54) is 24.8 Å². The second-order valence-electron chi connectivity index (χ2n) is 2.62. The Hall–Kier alpha value is -0.420. The fourth-order valence-corrected chi connectivity index (χ4v) is 1.34. The zero-order chi connectivity index (χ0) is 9.40. The number of amides is 2.